The van der Waals surface area contributed by atoms with Gasteiger partial charge in [-0.2, -0.15) is 5.01 Å². The average molecular weight is 621 g/mol. The fraction of sp³-hybridized carbons (Fsp3) is 0.360. The molecule has 0 unspecified atom stereocenters. The summed E-state index contributed by atoms with van der Waals surface area (Å²) in [6.45, 7) is 3.34. The number of hydrazine groups is 1. The number of nitrogens with zero attached hydrogens (tertiary/aromatic N) is 3. The van der Waals surface area contributed by atoms with Crippen LogP contribution in [0.1, 0.15) is 46.0 Å². The molecule has 2 aromatic carbocycles. The minimum atomic E-state index is -1.19. The topological polar surface area (TPSA) is 118 Å². The van der Waals surface area contributed by atoms with Crippen LogP contribution in [0, 0.1) is 28.9 Å². The smallest absolute Gasteiger partial charge is 0.273 e. The minimum absolute atomic E-state index is 0.0105. The molecular weight excluding hydrogens is 598 g/mol. The van der Waals surface area contributed by atoms with E-state index in [4.69, 9.17) is 0 Å². The quantitative estimate of drug-likeness (QED) is 0.155. The first-order valence-corrected chi connectivity index (χ1v) is 13.2. The Morgan fingerprint density at radius 2 is 1.42 bits per heavy atom. The van der Waals surface area contributed by atoms with Crippen LogP contribution in [0.5, 0.6) is 0 Å². The number of nitro benzene ring substituents is 1. The number of carbonyl (C=O) groups excluding carboxylic acids is 4. The highest BCUT2D eigenvalue weighted by atomic mass is 79.9. The molecule has 2 aromatic rings. The van der Waals surface area contributed by atoms with Gasteiger partial charge in [0.25, 0.3) is 23.4 Å². The SMILES string of the molecule is Cc1ccc(C(=O)[C@H](C)N(C(=O)c2ccc([N+](=O)[O-])cc2)N2C(=O)[C@@H]3C[C@H](Br)[C@@H](Br)C[C@H]3C2=O)cc1. The first-order chi connectivity index (χ1) is 17.0. The van der Waals surface area contributed by atoms with Crippen molar-refractivity contribution in [3.63, 3.8) is 0 Å². The second kappa shape index (κ2) is 10.2. The van der Waals surface area contributed by atoms with E-state index in [0.717, 1.165) is 27.7 Å². The van der Waals surface area contributed by atoms with Crippen molar-refractivity contribution in [3.05, 3.63) is 75.3 Å². The van der Waals surface area contributed by atoms with Gasteiger partial charge in [-0.3, -0.25) is 29.3 Å². The van der Waals surface area contributed by atoms with Crippen LogP contribution in [0.4, 0.5) is 5.69 Å². The first-order valence-electron chi connectivity index (χ1n) is 11.4. The van der Waals surface area contributed by atoms with Gasteiger partial charge in [0.05, 0.1) is 16.8 Å². The molecule has 11 heteroatoms. The van der Waals surface area contributed by atoms with E-state index >= 15 is 0 Å². The third-order valence-corrected chi connectivity index (χ3v) is 9.45. The highest BCUT2D eigenvalue weighted by Crippen LogP contribution is 2.44. The molecule has 0 aromatic heterocycles. The molecule has 0 spiro atoms. The van der Waals surface area contributed by atoms with Crippen molar-refractivity contribution in [2.24, 2.45) is 11.8 Å². The van der Waals surface area contributed by atoms with E-state index in [1.165, 1.54) is 19.1 Å². The first kappa shape index (κ1) is 26.2. The number of aryl methyl sites for hydroxylation is 1. The molecule has 0 N–H and O–H groups in total. The molecule has 9 nitrogen and oxygen atoms in total. The van der Waals surface area contributed by atoms with Crippen LogP contribution in [0.15, 0.2) is 48.5 Å². The second-order valence-electron chi connectivity index (χ2n) is 9.06. The molecule has 0 radical (unpaired) electrons. The summed E-state index contributed by atoms with van der Waals surface area (Å²) < 4.78 is 0. The minimum Gasteiger partial charge on any atom is -0.292 e. The number of rotatable bonds is 6. The number of ketones is 1. The molecule has 36 heavy (non-hydrogen) atoms. The van der Waals surface area contributed by atoms with E-state index in [9.17, 15) is 29.3 Å². The zero-order valence-corrected chi connectivity index (χ0v) is 22.6. The van der Waals surface area contributed by atoms with Gasteiger partial charge in [0.2, 0.25) is 0 Å². The van der Waals surface area contributed by atoms with Crippen molar-refractivity contribution in [1.29, 1.82) is 0 Å². The van der Waals surface area contributed by atoms with Crippen LogP contribution >= 0.6 is 31.9 Å². The van der Waals surface area contributed by atoms with Crippen molar-refractivity contribution in [1.82, 2.24) is 10.0 Å². The highest BCUT2D eigenvalue weighted by molar-refractivity contribution is 9.12. The summed E-state index contributed by atoms with van der Waals surface area (Å²) in [6, 6.07) is 10.4. The van der Waals surface area contributed by atoms with Crippen LogP contribution < -0.4 is 0 Å². The summed E-state index contributed by atoms with van der Waals surface area (Å²) in [7, 11) is 0. The molecule has 188 valence electrons. The van der Waals surface area contributed by atoms with Gasteiger partial charge in [0, 0.05) is 32.9 Å². The lowest BCUT2D eigenvalue weighted by atomic mass is 9.81. The number of hydrogen-bond donors (Lipinski definition) is 0. The summed E-state index contributed by atoms with van der Waals surface area (Å²) in [6.07, 6.45) is 0.809. The van der Waals surface area contributed by atoms with E-state index in [-0.39, 0.29) is 20.9 Å². The molecule has 4 rings (SSSR count). The lowest BCUT2D eigenvalue weighted by Crippen LogP contribution is -2.56. The van der Waals surface area contributed by atoms with Crippen LogP contribution in [0.3, 0.4) is 0 Å². The third kappa shape index (κ3) is 4.73. The molecule has 2 aliphatic rings. The molecule has 1 saturated carbocycles. The molecule has 1 aliphatic carbocycles. The number of non-ortho nitro benzene ring substituents is 1. The molecule has 5 atom stereocenters. The van der Waals surface area contributed by atoms with Gasteiger partial charge in [-0.15, -0.1) is 0 Å². The number of benzene rings is 2. The van der Waals surface area contributed by atoms with Crippen LogP contribution in [0.2, 0.25) is 0 Å². The summed E-state index contributed by atoms with van der Waals surface area (Å²) in [5.41, 5.74) is 1.07. The Morgan fingerprint density at radius 1 is 0.944 bits per heavy atom. The van der Waals surface area contributed by atoms with Gasteiger partial charge in [-0.05, 0) is 38.8 Å². The Balaban J connectivity index is 1.74. The third-order valence-electron chi connectivity index (χ3n) is 6.72. The second-order valence-corrected chi connectivity index (χ2v) is 11.4. The van der Waals surface area contributed by atoms with Gasteiger partial charge < -0.3 is 0 Å². The monoisotopic (exact) mass is 619 g/mol. The maximum absolute atomic E-state index is 13.7. The van der Waals surface area contributed by atoms with Crippen molar-refractivity contribution >= 4 is 61.1 Å². The largest absolute Gasteiger partial charge is 0.292 e. The van der Waals surface area contributed by atoms with Crippen molar-refractivity contribution in [3.8, 4) is 0 Å². The molecule has 1 heterocycles. The van der Waals surface area contributed by atoms with Gasteiger partial charge >= 0.3 is 0 Å². The lowest BCUT2D eigenvalue weighted by Gasteiger charge is -2.34. The number of carbonyl (C=O) groups is 4. The Morgan fingerprint density at radius 3 is 1.89 bits per heavy atom. The highest BCUT2D eigenvalue weighted by Gasteiger charge is 2.55. The molecular formula is C25H23Br2N3O6. The van der Waals surface area contributed by atoms with E-state index in [0.29, 0.717) is 18.4 Å². The van der Waals surface area contributed by atoms with E-state index in [2.05, 4.69) is 31.9 Å². The normalized spacial score (nSPS) is 24.3. The summed E-state index contributed by atoms with van der Waals surface area (Å²) in [5.74, 6) is -3.53. The fourth-order valence-electron chi connectivity index (χ4n) is 4.66. The summed E-state index contributed by atoms with van der Waals surface area (Å²) in [5, 5.41) is 12.8. The molecule has 1 aliphatic heterocycles. The lowest BCUT2D eigenvalue weighted by molar-refractivity contribution is -0.384. The van der Waals surface area contributed by atoms with Crippen molar-refractivity contribution < 1.29 is 24.1 Å². The average Bonchev–Trinajstić information content (AvgIpc) is 3.08. The number of hydrogen-bond acceptors (Lipinski definition) is 6. The summed E-state index contributed by atoms with van der Waals surface area (Å²) >= 11 is 7.10. The van der Waals surface area contributed by atoms with E-state index < -0.39 is 46.3 Å². The number of Topliss-reactive ketones (excluding diaryl/α,β-unsaturated/α-hetero) is 1. The number of nitro groups is 1. The van der Waals surface area contributed by atoms with Crippen molar-refractivity contribution in [2.45, 2.75) is 42.4 Å². The van der Waals surface area contributed by atoms with Crippen LogP contribution in [-0.2, 0) is 9.59 Å². The van der Waals surface area contributed by atoms with Gasteiger partial charge in [0.15, 0.2) is 5.78 Å². The van der Waals surface area contributed by atoms with Gasteiger partial charge in [0.1, 0.15) is 6.04 Å². The Labute approximate surface area is 224 Å². The molecule has 3 amide bonds. The maximum Gasteiger partial charge on any atom is 0.273 e. The molecule has 1 saturated heterocycles. The summed E-state index contributed by atoms with van der Waals surface area (Å²) in [4.78, 5) is 64.5. The standard InChI is InChI=1S/C25H23Br2N3O6/c1-13-3-5-15(6-4-13)22(31)14(2)28(23(32)16-7-9-17(10-8-16)30(35)36)29-24(33)18-11-20(26)21(27)12-19(18)25(29)34/h3-10,14,18-21H,11-12H2,1-2H3/t14-,18+,19+,20-,21-/m0/s1. The predicted molar refractivity (Wildman–Crippen MR) is 138 cm³/mol. The zero-order chi connectivity index (χ0) is 26.3. The number of fused-ring (bicyclic) bond motifs is 1. The Hall–Kier alpha value is -2.92. The Bertz CT molecular complexity index is 1210. The number of amides is 3. The number of imide groups is 1. The Kier molecular flexibility index (Phi) is 7.42. The van der Waals surface area contributed by atoms with E-state index in [1.54, 1.807) is 24.3 Å². The van der Waals surface area contributed by atoms with E-state index in [1.807, 2.05) is 6.92 Å². The fourth-order valence-corrected chi connectivity index (χ4v) is 5.90. The van der Waals surface area contributed by atoms with Gasteiger partial charge in [-0.1, -0.05) is 61.7 Å². The zero-order valence-electron chi connectivity index (χ0n) is 19.5. The van der Waals surface area contributed by atoms with Crippen LogP contribution in [-0.4, -0.2) is 54.1 Å². The number of alkyl halides is 2. The van der Waals surface area contributed by atoms with Crippen molar-refractivity contribution in [2.75, 3.05) is 0 Å². The van der Waals surface area contributed by atoms with Crippen LogP contribution in [0.25, 0.3) is 0 Å². The number of halogens is 2. The van der Waals surface area contributed by atoms with Gasteiger partial charge in [-0.25, -0.2) is 5.01 Å². The maximum atomic E-state index is 13.7. The molecule has 0 bridgehead atoms. The molecule has 2 fully saturated rings. The predicted octanol–water partition coefficient (Wildman–Crippen LogP) is 4.45.